The van der Waals surface area contributed by atoms with E-state index in [2.05, 4.69) is 4.98 Å². The number of ketones is 1. The molecule has 0 saturated heterocycles. The summed E-state index contributed by atoms with van der Waals surface area (Å²) in [5.41, 5.74) is 1.04. The Morgan fingerprint density at radius 2 is 1.58 bits per heavy atom. The van der Waals surface area contributed by atoms with Gasteiger partial charge in [-0.25, -0.2) is 0 Å². The van der Waals surface area contributed by atoms with Crippen LogP contribution in [0.2, 0.25) is 0 Å². The van der Waals surface area contributed by atoms with Crippen molar-refractivity contribution in [1.82, 2.24) is 4.98 Å². The van der Waals surface area contributed by atoms with Crippen LogP contribution in [0.5, 0.6) is 5.75 Å². The first-order valence-corrected chi connectivity index (χ1v) is 5.97. The second kappa shape index (κ2) is 6.40. The Balaban J connectivity index is 2.56. The number of rotatable bonds is 3. The molecule has 96 valence electrons. The number of H-pyrrole nitrogens is 1. The van der Waals surface area contributed by atoms with E-state index >= 15 is 0 Å². The van der Waals surface area contributed by atoms with Crippen molar-refractivity contribution in [2.24, 2.45) is 0 Å². The van der Waals surface area contributed by atoms with Crippen molar-refractivity contribution in [1.29, 1.82) is 0 Å². The topological polar surface area (TPSA) is 42.1 Å². The second-order valence-corrected chi connectivity index (χ2v) is 3.89. The molecule has 3 nitrogen and oxygen atoms in total. The fourth-order valence-electron chi connectivity index (χ4n) is 1.69. The quantitative estimate of drug-likeness (QED) is 0.852. The van der Waals surface area contributed by atoms with E-state index in [0.29, 0.717) is 17.0 Å². The molecule has 0 aliphatic rings. The maximum atomic E-state index is 12.5. The van der Waals surface area contributed by atoms with Gasteiger partial charge in [-0.2, -0.15) is 0 Å². The van der Waals surface area contributed by atoms with E-state index in [0.717, 1.165) is 0 Å². The second-order valence-electron chi connectivity index (χ2n) is 3.89. The molecule has 0 amide bonds. The number of hydrogen-bond acceptors (Lipinski definition) is 2. The van der Waals surface area contributed by atoms with Gasteiger partial charge in [0.25, 0.3) is 0 Å². The monoisotopic (exact) mass is 253 g/mol. The first kappa shape index (κ1) is 12.9. The van der Waals surface area contributed by atoms with Crippen LogP contribution in [0.15, 0.2) is 66.9 Å². The highest BCUT2D eigenvalue weighted by atomic mass is 16.5. The van der Waals surface area contributed by atoms with Gasteiger partial charge in [-0.1, -0.05) is 48.5 Å². The van der Waals surface area contributed by atoms with Gasteiger partial charge in [0.1, 0.15) is 11.4 Å². The number of carbonyl (C=O) groups excluding carboxylic acids is 1. The highest BCUT2D eigenvalue weighted by Gasteiger charge is 2.12. The van der Waals surface area contributed by atoms with E-state index in [9.17, 15) is 4.79 Å². The first-order valence-electron chi connectivity index (χ1n) is 5.97. The maximum absolute atomic E-state index is 12.5. The molecule has 2 aromatic rings. The van der Waals surface area contributed by atoms with E-state index in [-0.39, 0.29) is 5.78 Å². The van der Waals surface area contributed by atoms with Crippen molar-refractivity contribution >= 4 is 5.78 Å². The van der Waals surface area contributed by atoms with Crippen LogP contribution in [0, 0.1) is 0 Å². The highest BCUT2D eigenvalue weighted by molar-refractivity contribution is 6.09. The summed E-state index contributed by atoms with van der Waals surface area (Å²) in [6, 6.07) is 18.3. The molecule has 1 aromatic carbocycles. The van der Waals surface area contributed by atoms with Gasteiger partial charge >= 0.3 is 0 Å². The van der Waals surface area contributed by atoms with E-state index < -0.39 is 0 Å². The Kier molecular flexibility index (Phi) is 4.34. The minimum atomic E-state index is -0.103. The van der Waals surface area contributed by atoms with Gasteiger partial charge in [0.05, 0.1) is 7.11 Å². The lowest BCUT2D eigenvalue weighted by atomic mass is 10.1. The van der Waals surface area contributed by atoms with Gasteiger partial charge in [0, 0.05) is 11.8 Å². The third-order valence-corrected chi connectivity index (χ3v) is 2.63. The van der Waals surface area contributed by atoms with E-state index in [4.69, 9.17) is 4.74 Å². The predicted molar refractivity (Wildman–Crippen MR) is 74.8 cm³/mol. The van der Waals surface area contributed by atoms with Gasteiger partial charge < -0.3 is 9.72 Å². The third kappa shape index (κ3) is 3.22. The molecule has 2 rings (SSSR count). The summed E-state index contributed by atoms with van der Waals surface area (Å²) >= 11 is 0. The van der Waals surface area contributed by atoms with Gasteiger partial charge in [-0.15, -0.1) is 0 Å². The standard InChI is InChI=1S/C16H15NO2/c1-19-14-11-7-2-3-8-12-17-15(14)16(18)13-9-5-4-6-10-13/h2-12,17H,1H3. The van der Waals surface area contributed by atoms with Crippen molar-refractivity contribution in [3.63, 3.8) is 0 Å². The molecule has 0 unspecified atom stereocenters. The van der Waals surface area contributed by atoms with Crippen molar-refractivity contribution in [2.45, 2.75) is 0 Å². The molecular formula is C16H15NO2. The lowest BCUT2D eigenvalue weighted by Gasteiger charge is -2.05. The molecule has 0 atom stereocenters. The van der Waals surface area contributed by atoms with Gasteiger partial charge in [-0.05, 0) is 12.1 Å². The summed E-state index contributed by atoms with van der Waals surface area (Å²) < 4.78 is 5.28. The lowest BCUT2D eigenvalue weighted by molar-refractivity contribution is 0.103. The molecule has 3 heteroatoms. The molecule has 19 heavy (non-hydrogen) atoms. The molecular weight excluding hydrogens is 238 g/mol. The molecule has 0 radical (unpaired) electrons. The van der Waals surface area contributed by atoms with Crippen LogP contribution in [-0.4, -0.2) is 17.9 Å². The Morgan fingerprint density at radius 3 is 2.32 bits per heavy atom. The zero-order valence-corrected chi connectivity index (χ0v) is 10.7. The number of carbonyl (C=O) groups is 1. The molecule has 0 fully saturated rings. The van der Waals surface area contributed by atoms with E-state index in [1.807, 2.05) is 42.5 Å². The summed E-state index contributed by atoms with van der Waals surface area (Å²) in [6.45, 7) is 0. The molecule has 1 aromatic heterocycles. The van der Waals surface area contributed by atoms with E-state index in [1.165, 1.54) is 0 Å². The normalized spacial score (nSPS) is 9.53. The number of nitrogens with one attached hydrogen (secondary N) is 1. The van der Waals surface area contributed by atoms with Crippen LogP contribution < -0.4 is 4.74 Å². The molecule has 0 aliphatic carbocycles. The molecule has 0 aliphatic heterocycles. The van der Waals surface area contributed by atoms with Crippen molar-refractivity contribution < 1.29 is 9.53 Å². The number of methoxy groups -OCH3 is 1. The minimum Gasteiger partial charge on any atom is -0.494 e. The van der Waals surface area contributed by atoms with Crippen LogP contribution in [0.3, 0.4) is 0 Å². The van der Waals surface area contributed by atoms with Crippen LogP contribution in [-0.2, 0) is 0 Å². The Bertz CT molecular complexity index is 601. The largest absolute Gasteiger partial charge is 0.494 e. The molecule has 0 spiro atoms. The lowest BCUT2D eigenvalue weighted by Crippen LogP contribution is -2.05. The van der Waals surface area contributed by atoms with Crippen molar-refractivity contribution in [3.8, 4) is 5.75 Å². The Labute approximate surface area is 112 Å². The maximum Gasteiger partial charge on any atom is 0.212 e. The number of aromatic amines is 1. The average molecular weight is 253 g/mol. The van der Waals surface area contributed by atoms with Gasteiger partial charge in [0.15, 0.2) is 0 Å². The van der Waals surface area contributed by atoms with Crippen LogP contribution in [0.4, 0.5) is 0 Å². The number of hydrogen-bond donors (Lipinski definition) is 1. The molecule has 1 N–H and O–H groups in total. The predicted octanol–water partition coefficient (Wildman–Crippen LogP) is 3.38. The summed E-state index contributed by atoms with van der Waals surface area (Å²) in [4.78, 5) is 15.4. The van der Waals surface area contributed by atoms with Crippen molar-refractivity contribution in [2.75, 3.05) is 7.11 Å². The minimum absolute atomic E-state index is 0.103. The van der Waals surface area contributed by atoms with Crippen LogP contribution in [0.1, 0.15) is 16.1 Å². The van der Waals surface area contributed by atoms with Crippen LogP contribution in [0.25, 0.3) is 0 Å². The first-order chi connectivity index (χ1) is 9.33. The van der Waals surface area contributed by atoms with E-state index in [1.54, 1.807) is 31.5 Å². The zero-order valence-electron chi connectivity index (χ0n) is 10.7. The number of aromatic nitrogens is 1. The summed E-state index contributed by atoms with van der Waals surface area (Å²) in [5, 5.41) is 0. The highest BCUT2D eigenvalue weighted by Crippen LogP contribution is 2.17. The SMILES string of the molecule is COc1cccccc[nH]c1C(=O)c1ccccc1. The third-order valence-electron chi connectivity index (χ3n) is 2.63. The van der Waals surface area contributed by atoms with Crippen LogP contribution >= 0.6 is 0 Å². The zero-order chi connectivity index (χ0) is 13.5. The smallest absolute Gasteiger partial charge is 0.212 e. The summed E-state index contributed by atoms with van der Waals surface area (Å²) in [7, 11) is 1.55. The molecule has 1 heterocycles. The van der Waals surface area contributed by atoms with Crippen molar-refractivity contribution in [3.05, 3.63) is 78.1 Å². The number of benzene rings is 1. The molecule has 0 bridgehead atoms. The average Bonchev–Trinajstić information content (AvgIpc) is 2.58. The van der Waals surface area contributed by atoms with Gasteiger partial charge in [-0.3, -0.25) is 4.79 Å². The fraction of sp³-hybridized carbons (Fsp3) is 0.0625. The van der Waals surface area contributed by atoms with Gasteiger partial charge in [0.2, 0.25) is 5.78 Å². The summed E-state index contributed by atoms with van der Waals surface area (Å²) in [5.74, 6) is 0.402. The Hall–Kier alpha value is -2.55. The molecule has 0 saturated carbocycles. The number of ether oxygens (including phenoxy) is 1. The Morgan fingerprint density at radius 1 is 0.947 bits per heavy atom. The summed E-state index contributed by atoms with van der Waals surface area (Å²) in [6.07, 6.45) is 1.71. The fourth-order valence-corrected chi connectivity index (χ4v) is 1.69.